The van der Waals surface area contributed by atoms with Gasteiger partial charge >= 0.3 is 5.97 Å². The van der Waals surface area contributed by atoms with Crippen LogP contribution in [-0.2, 0) is 21.2 Å². The van der Waals surface area contributed by atoms with E-state index in [9.17, 15) is 13.2 Å². The summed E-state index contributed by atoms with van der Waals surface area (Å²) >= 11 is 0. The minimum Gasteiger partial charge on any atom is -0.482 e. The van der Waals surface area contributed by atoms with Crippen LogP contribution in [0.3, 0.4) is 0 Å². The first-order valence-electron chi connectivity index (χ1n) is 11.4. The molecule has 6 nitrogen and oxygen atoms in total. The van der Waals surface area contributed by atoms with E-state index in [0.29, 0.717) is 24.5 Å². The van der Waals surface area contributed by atoms with E-state index in [4.69, 9.17) is 9.84 Å². The Balaban J connectivity index is 1.61. The van der Waals surface area contributed by atoms with Gasteiger partial charge in [0, 0.05) is 6.04 Å². The summed E-state index contributed by atoms with van der Waals surface area (Å²) in [5, 5.41) is 8.94. The normalized spacial score (nSPS) is 15.7. The summed E-state index contributed by atoms with van der Waals surface area (Å²) in [6, 6.07) is 20.1. The molecule has 1 aliphatic rings. The molecular weight excluding hydrogens is 450 g/mol. The average molecular weight is 480 g/mol. The van der Waals surface area contributed by atoms with Crippen LogP contribution in [0.15, 0.2) is 71.6 Å². The molecule has 0 saturated heterocycles. The predicted octanol–water partition coefficient (Wildman–Crippen LogP) is 5.30. The summed E-state index contributed by atoms with van der Waals surface area (Å²) in [4.78, 5) is 11.1. The monoisotopic (exact) mass is 479 g/mol. The Morgan fingerprint density at radius 3 is 2.50 bits per heavy atom. The lowest BCUT2D eigenvalue weighted by molar-refractivity contribution is -0.139. The van der Waals surface area contributed by atoms with Gasteiger partial charge in [0.1, 0.15) is 5.75 Å². The molecule has 0 aromatic heterocycles. The zero-order chi connectivity index (χ0) is 24.3. The maximum atomic E-state index is 13.3. The second-order valence-electron chi connectivity index (χ2n) is 8.88. The van der Waals surface area contributed by atoms with Gasteiger partial charge in [-0.2, -0.15) is 0 Å². The summed E-state index contributed by atoms with van der Waals surface area (Å²) in [7, 11) is -3.78. The van der Waals surface area contributed by atoms with E-state index < -0.39 is 28.6 Å². The number of nitrogens with one attached hydrogen (secondary N) is 1. The summed E-state index contributed by atoms with van der Waals surface area (Å²) in [6.45, 7) is 3.83. The van der Waals surface area contributed by atoms with Crippen molar-refractivity contribution in [1.29, 1.82) is 0 Å². The molecule has 1 atom stereocenters. The molecule has 4 rings (SSSR count). The Hall–Kier alpha value is -3.16. The van der Waals surface area contributed by atoms with E-state index in [1.165, 1.54) is 5.56 Å². The zero-order valence-corrected chi connectivity index (χ0v) is 20.1. The van der Waals surface area contributed by atoms with Crippen molar-refractivity contribution in [2.45, 2.75) is 50.0 Å². The molecule has 0 heterocycles. The highest BCUT2D eigenvalue weighted by atomic mass is 32.2. The summed E-state index contributed by atoms with van der Waals surface area (Å²) in [5.41, 5.74) is 4.72. The number of carboxylic acids is 1. The number of sulfonamides is 1. The number of carboxylic acid groups (broad SMARTS) is 1. The molecule has 1 unspecified atom stereocenters. The van der Waals surface area contributed by atoms with Crippen LogP contribution in [0, 0.1) is 0 Å². The number of aliphatic carboxylic acids is 1. The fraction of sp³-hybridized carbons (Fsp3) is 0.296. The molecule has 0 saturated carbocycles. The van der Waals surface area contributed by atoms with Crippen LogP contribution < -0.4 is 9.46 Å². The molecule has 3 aromatic rings. The summed E-state index contributed by atoms with van der Waals surface area (Å²) < 4.78 is 35.0. The first-order valence-corrected chi connectivity index (χ1v) is 12.9. The van der Waals surface area contributed by atoms with Gasteiger partial charge in [0.05, 0.1) is 4.90 Å². The van der Waals surface area contributed by atoms with E-state index in [0.717, 1.165) is 28.7 Å². The third kappa shape index (κ3) is 5.32. The molecular formula is C27H29NO5S. The van der Waals surface area contributed by atoms with Crippen LogP contribution in [0.25, 0.3) is 11.1 Å². The first-order chi connectivity index (χ1) is 16.2. The number of hydrogen-bond donors (Lipinski definition) is 2. The van der Waals surface area contributed by atoms with E-state index >= 15 is 0 Å². The lowest BCUT2D eigenvalue weighted by Gasteiger charge is -2.27. The Morgan fingerprint density at radius 2 is 1.76 bits per heavy atom. The van der Waals surface area contributed by atoms with Crippen LogP contribution in [-0.4, -0.2) is 26.1 Å². The SMILES string of the molecule is CC(C)c1cccc(-c2cccc(S(=O)(=O)NC3CCCc4c(OCC(=O)O)cccc43)c2)c1. The average Bonchev–Trinajstić information content (AvgIpc) is 2.83. The number of benzene rings is 3. The molecule has 0 fully saturated rings. The van der Waals surface area contributed by atoms with Gasteiger partial charge in [0.15, 0.2) is 6.61 Å². The predicted molar refractivity (Wildman–Crippen MR) is 132 cm³/mol. The second kappa shape index (κ2) is 9.99. The van der Waals surface area contributed by atoms with Gasteiger partial charge in [-0.15, -0.1) is 0 Å². The lowest BCUT2D eigenvalue weighted by atomic mass is 9.87. The molecule has 0 spiro atoms. The molecule has 0 radical (unpaired) electrons. The van der Waals surface area contributed by atoms with Gasteiger partial charge < -0.3 is 9.84 Å². The van der Waals surface area contributed by atoms with Crippen LogP contribution in [0.4, 0.5) is 0 Å². The number of fused-ring (bicyclic) bond motifs is 1. The molecule has 34 heavy (non-hydrogen) atoms. The highest BCUT2D eigenvalue weighted by molar-refractivity contribution is 7.89. The standard InChI is InChI=1S/C27H29NO5S/c1-18(2)19-7-3-8-20(15-19)21-9-4-10-22(16-21)34(31,32)28-25-13-5-12-24-23(25)11-6-14-26(24)33-17-27(29)30/h3-4,6-11,14-16,18,25,28H,5,12-13,17H2,1-2H3,(H,29,30). The molecule has 2 N–H and O–H groups in total. The second-order valence-corrected chi connectivity index (χ2v) is 10.6. The fourth-order valence-electron chi connectivity index (χ4n) is 4.39. The lowest BCUT2D eigenvalue weighted by Crippen LogP contribution is -2.31. The zero-order valence-electron chi connectivity index (χ0n) is 19.3. The van der Waals surface area contributed by atoms with E-state index in [1.54, 1.807) is 30.3 Å². The Bertz CT molecular complexity index is 1300. The summed E-state index contributed by atoms with van der Waals surface area (Å²) in [6.07, 6.45) is 2.14. The van der Waals surface area contributed by atoms with Crippen molar-refractivity contribution >= 4 is 16.0 Å². The smallest absolute Gasteiger partial charge is 0.341 e. The van der Waals surface area contributed by atoms with Gasteiger partial charge in [0.25, 0.3) is 0 Å². The van der Waals surface area contributed by atoms with Crippen molar-refractivity contribution in [1.82, 2.24) is 4.72 Å². The van der Waals surface area contributed by atoms with Crippen LogP contribution in [0.2, 0.25) is 0 Å². The third-order valence-electron chi connectivity index (χ3n) is 6.14. The van der Waals surface area contributed by atoms with E-state index in [-0.39, 0.29) is 4.90 Å². The largest absolute Gasteiger partial charge is 0.482 e. The molecule has 7 heteroatoms. The highest BCUT2D eigenvalue weighted by Gasteiger charge is 2.28. The number of hydrogen-bond acceptors (Lipinski definition) is 4. The van der Waals surface area contributed by atoms with Gasteiger partial charge in [-0.3, -0.25) is 0 Å². The van der Waals surface area contributed by atoms with Gasteiger partial charge in [-0.1, -0.05) is 62.4 Å². The molecule has 0 amide bonds. The van der Waals surface area contributed by atoms with Crippen LogP contribution in [0.1, 0.15) is 55.3 Å². The van der Waals surface area contributed by atoms with Crippen molar-refractivity contribution in [3.63, 3.8) is 0 Å². The third-order valence-corrected chi connectivity index (χ3v) is 7.61. The molecule has 178 valence electrons. The Morgan fingerprint density at radius 1 is 1.06 bits per heavy atom. The fourth-order valence-corrected chi connectivity index (χ4v) is 5.68. The van der Waals surface area contributed by atoms with Gasteiger partial charge in [-0.25, -0.2) is 17.9 Å². The van der Waals surface area contributed by atoms with E-state index in [2.05, 4.69) is 30.7 Å². The van der Waals surface area contributed by atoms with Gasteiger partial charge in [0.2, 0.25) is 10.0 Å². The molecule has 0 bridgehead atoms. The van der Waals surface area contributed by atoms with Crippen molar-refractivity contribution in [3.8, 4) is 16.9 Å². The Kier molecular flexibility index (Phi) is 7.05. The molecule has 3 aromatic carbocycles. The first kappa shape index (κ1) is 24.0. The number of rotatable bonds is 8. The van der Waals surface area contributed by atoms with Crippen molar-refractivity contribution in [2.75, 3.05) is 6.61 Å². The number of ether oxygens (including phenoxy) is 1. The maximum absolute atomic E-state index is 13.3. The Labute approximate surface area is 200 Å². The quantitative estimate of drug-likeness (QED) is 0.458. The van der Waals surface area contributed by atoms with E-state index in [1.807, 2.05) is 24.3 Å². The minimum atomic E-state index is -3.78. The molecule has 1 aliphatic carbocycles. The number of carbonyl (C=O) groups is 1. The highest BCUT2D eigenvalue weighted by Crippen LogP contribution is 2.36. The van der Waals surface area contributed by atoms with Crippen LogP contribution >= 0.6 is 0 Å². The van der Waals surface area contributed by atoms with Crippen molar-refractivity contribution < 1.29 is 23.1 Å². The van der Waals surface area contributed by atoms with Crippen molar-refractivity contribution in [3.05, 3.63) is 83.4 Å². The molecule has 0 aliphatic heterocycles. The summed E-state index contributed by atoms with van der Waals surface area (Å²) in [5.74, 6) is -0.176. The maximum Gasteiger partial charge on any atom is 0.341 e. The topological polar surface area (TPSA) is 92.7 Å². The van der Waals surface area contributed by atoms with Crippen molar-refractivity contribution in [2.24, 2.45) is 0 Å². The van der Waals surface area contributed by atoms with Gasteiger partial charge in [-0.05, 0) is 71.2 Å². The van der Waals surface area contributed by atoms with Crippen LogP contribution in [0.5, 0.6) is 5.75 Å². The minimum absolute atomic E-state index is 0.213.